The molecule has 1 unspecified atom stereocenters. The first-order chi connectivity index (χ1) is 15.1. The van der Waals surface area contributed by atoms with E-state index in [4.69, 9.17) is 0 Å². The predicted molar refractivity (Wildman–Crippen MR) is 115 cm³/mol. The predicted octanol–water partition coefficient (Wildman–Crippen LogP) is 6.20. The van der Waals surface area contributed by atoms with Crippen LogP contribution in [0.2, 0.25) is 0 Å². The topological polar surface area (TPSA) is 70.3 Å². The van der Waals surface area contributed by atoms with Crippen molar-refractivity contribution in [1.82, 2.24) is 19.7 Å². The standard InChI is InChI=1S/C24H19F2N5/c25-24(26)31-14-19(12-30-31)16-5-7-17(8-6-16)21-13-29-23-20(9-10-28-23)22(21)18-3-1-15(11-27)2-4-18/h3,5-10,12-15,24H,1-2,4H2,(H,28,29). The Hall–Kier alpha value is -3.79. The highest BCUT2D eigenvalue weighted by Crippen LogP contribution is 2.39. The van der Waals surface area contributed by atoms with Crippen molar-refractivity contribution in [3.8, 4) is 28.3 Å². The average molecular weight is 415 g/mol. The zero-order valence-corrected chi connectivity index (χ0v) is 16.6. The molecule has 0 saturated heterocycles. The summed E-state index contributed by atoms with van der Waals surface area (Å²) in [5.41, 5.74) is 6.68. The van der Waals surface area contributed by atoms with E-state index in [-0.39, 0.29) is 5.92 Å². The van der Waals surface area contributed by atoms with E-state index in [0.29, 0.717) is 10.2 Å². The number of nitrogens with one attached hydrogen (secondary N) is 1. The second kappa shape index (κ2) is 7.80. The summed E-state index contributed by atoms with van der Waals surface area (Å²) in [4.78, 5) is 7.75. The van der Waals surface area contributed by atoms with Crippen LogP contribution in [-0.4, -0.2) is 19.7 Å². The summed E-state index contributed by atoms with van der Waals surface area (Å²) in [6.45, 7) is -2.65. The molecule has 4 aromatic rings. The maximum atomic E-state index is 12.8. The number of benzene rings is 1. The number of pyridine rings is 1. The van der Waals surface area contributed by atoms with Crippen molar-refractivity contribution in [2.24, 2.45) is 5.92 Å². The number of hydrogen-bond donors (Lipinski definition) is 1. The van der Waals surface area contributed by atoms with Gasteiger partial charge in [0.1, 0.15) is 5.65 Å². The first-order valence-corrected chi connectivity index (χ1v) is 10.1. The minimum Gasteiger partial charge on any atom is -0.346 e. The van der Waals surface area contributed by atoms with Crippen molar-refractivity contribution >= 4 is 16.6 Å². The number of halogens is 2. The van der Waals surface area contributed by atoms with Crippen LogP contribution in [0.15, 0.2) is 61.2 Å². The third-order valence-electron chi connectivity index (χ3n) is 5.83. The number of rotatable bonds is 4. The van der Waals surface area contributed by atoms with Gasteiger partial charge >= 0.3 is 6.55 Å². The van der Waals surface area contributed by atoms with Gasteiger partial charge in [-0.25, -0.2) is 9.67 Å². The van der Waals surface area contributed by atoms with Crippen molar-refractivity contribution in [3.05, 3.63) is 66.8 Å². The number of H-pyrrole nitrogens is 1. The quantitative estimate of drug-likeness (QED) is 0.432. The second-order valence-corrected chi connectivity index (χ2v) is 7.68. The zero-order chi connectivity index (χ0) is 21.4. The lowest BCUT2D eigenvalue weighted by Crippen LogP contribution is -2.04. The van der Waals surface area contributed by atoms with E-state index in [1.165, 1.54) is 18.0 Å². The van der Waals surface area contributed by atoms with Gasteiger partial charge in [-0.05, 0) is 47.6 Å². The molecule has 0 amide bonds. The molecule has 1 atom stereocenters. The molecule has 154 valence electrons. The molecule has 5 nitrogen and oxygen atoms in total. The molecular formula is C24H19F2N5. The van der Waals surface area contributed by atoms with Crippen LogP contribution in [0.3, 0.4) is 0 Å². The van der Waals surface area contributed by atoms with Crippen molar-refractivity contribution in [1.29, 1.82) is 5.26 Å². The Bertz CT molecular complexity index is 1310. The van der Waals surface area contributed by atoms with Crippen LogP contribution in [0.4, 0.5) is 8.78 Å². The molecule has 1 aromatic carbocycles. The van der Waals surface area contributed by atoms with Gasteiger partial charge in [-0.15, -0.1) is 0 Å². The maximum absolute atomic E-state index is 12.8. The highest BCUT2D eigenvalue weighted by atomic mass is 19.3. The lowest BCUT2D eigenvalue weighted by Gasteiger charge is -2.20. The molecule has 0 spiro atoms. The van der Waals surface area contributed by atoms with Gasteiger partial charge in [0, 0.05) is 35.1 Å². The summed E-state index contributed by atoms with van der Waals surface area (Å²) in [7, 11) is 0. The Balaban J connectivity index is 1.56. The lowest BCUT2D eigenvalue weighted by molar-refractivity contribution is 0.0566. The molecule has 3 aromatic heterocycles. The molecule has 0 bridgehead atoms. The molecule has 1 aliphatic carbocycles. The highest BCUT2D eigenvalue weighted by molar-refractivity contribution is 5.97. The van der Waals surface area contributed by atoms with Gasteiger partial charge in [0.2, 0.25) is 0 Å². The molecule has 1 N–H and O–H groups in total. The van der Waals surface area contributed by atoms with Crippen LogP contribution in [0.1, 0.15) is 31.4 Å². The third-order valence-corrected chi connectivity index (χ3v) is 5.83. The first kappa shape index (κ1) is 19.2. The molecule has 0 fully saturated rings. The lowest BCUT2D eigenvalue weighted by atomic mass is 9.84. The molecule has 3 heterocycles. The molecule has 1 aliphatic rings. The molecule has 0 radical (unpaired) electrons. The second-order valence-electron chi connectivity index (χ2n) is 7.68. The first-order valence-electron chi connectivity index (χ1n) is 10.1. The van der Waals surface area contributed by atoms with Crippen LogP contribution in [-0.2, 0) is 0 Å². The number of hydrogen-bond acceptors (Lipinski definition) is 3. The SMILES string of the molecule is N#CC1CC=C(c2c(-c3ccc(-c4cnn(C(F)F)c4)cc3)cnc3[nH]ccc23)CC1. The minimum absolute atomic E-state index is 0.0733. The number of fused-ring (bicyclic) bond motifs is 1. The summed E-state index contributed by atoms with van der Waals surface area (Å²) >= 11 is 0. The van der Waals surface area contributed by atoms with Crippen LogP contribution in [0.5, 0.6) is 0 Å². The van der Waals surface area contributed by atoms with Crippen LogP contribution in [0.25, 0.3) is 38.9 Å². The van der Waals surface area contributed by atoms with E-state index < -0.39 is 6.55 Å². The van der Waals surface area contributed by atoms with Crippen molar-refractivity contribution in [2.45, 2.75) is 25.8 Å². The van der Waals surface area contributed by atoms with Crippen LogP contribution >= 0.6 is 0 Å². The van der Waals surface area contributed by atoms with E-state index in [2.05, 4.69) is 27.2 Å². The highest BCUT2D eigenvalue weighted by Gasteiger charge is 2.20. The minimum atomic E-state index is -2.65. The third kappa shape index (κ3) is 3.50. The summed E-state index contributed by atoms with van der Waals surface area (Å²) in [6, 6.07) is 12.2. The van der Waals surface area contributed by atoms with E-state index in [1.807, 2.05) is 42.7 Å². The van der Waals surface area contributed by atoms with E-state index in [9.17, 15) is 14.0 Å². The smallest absolute Gasteiger partial charge is 0.333 e. The molecule has 0 aliphatic heterocycles. The molecule has 5 rings (SSSR count). The number of allylic oxidation sites excluding steroid dienone is 2. The fourth-order valence-electron chi connectivity index (χ4n) is 4.19. The Labute approximate surface area is 177 Å². The zero-order valence-electron chi connectivity index (χ0n) is 16.6. The summed E-state index contributed by atoms with van der Waals surface area (Å²) in [5, 5.41) is 14.0. The van der Waals surface area contributed by atoms with E-state index >= 15 is 0 Å². The molecule has 7 heteroatoms. The van der Waals surface area contributed by atoms with Crippen LogP contribution < -0.4 is 0 Å². The molecule has 0 saturated carbocycles. The maximum Gasteiger partial charge on any atom is 0.333 e. The van der Waals surface area contributed by atoms with E-state index in [1.54, 1.807) is 0 Å². The van der Waals surface area contributed by atoms with Gasteiger partial charge in [0.15, 0.2) is 0 Å². The fraction of sp³-hybridized carbons (Fsp3) is 0.208. The van der Waals surface area contributed by atoms with E-state index in [0.717, 1.165) is 52.5 Å². The summed E-state index contributed by atoms with van der Waals surface area (Å²) < 4.78 is 26.3. The Morgan fingerprint density at radius 2 is 1.90 bits per heavy atom. The van der Waals surface area contributed by atoms with Gasteiger partial charge in [-0.1, -0.05) is 30.3 Å². The van der Waals surface area contributed by atoms with Gasteiger partial charge in [0.05, 0.1) is 18.2 Å². The summed E-state index contributed by atoms with van der Waals surface area (Å²) in [6.07, 6.45) is 11.2. The largest absolute Gasteiger partial charge is 0.346 e. The number of nitriles is 1. The molecular weight excluding hydrogens is 396 g/mol. The van der Waals surface area contributed by atoms with Crippen LogP contribution in [0, 0.1) is 17.2 Å². The van der Waals surface area contributed by atoms with Gasteiger partial charge in [-0.2, -0.15) is 19.1 Å². The van der Waals surface area contributed by atoms with Crippen molar-refractivity contribution < 1.29 is 8.78 Å². The van der Waals surface area contributed by atoms with Gasteiger partial charge in [-0.3, -0.25) is 0 Å². The monoisotopic (exact) mass is 415 g/mol. The van der Waals surface area contributed by atoms with Gasteiger partial charge < -0.3 is 4.98 Å². The normalized spacial score (nSPS) is 16.5. The number of aromatic amines is 1. The Kier molecular flexibility index (Phi) is 4.83. The number of nitrogens with zero attached hydrogens (tertiary/aromatic N) is 4. The number of alkyl halides is 2. The molecule has 31 heavy (non-hydrogen) atoms. The van der Waals surface area contributed by atoms with Gasteiger partial charge in [0.25, 0.3) is 0 Å². The fourth-order valence-corrected chi connectivity index (χ4v) is 4.19. The van der Waals surface area contributed by atoms with Crippen molar-refractivity contribution in [2.75, 3.05) is 0 Å². The summed E-state index contributed by atoms with van der Waals surface area (Å²) in [5.74, 6) is 0.0733. The van der Waals surface area contributed by atoms with Crippen molar-refractivity contribution in [3.63, 3.8) is 0 Å². The Morgan fingerprint density at radius 1 is 1.10 bits per heavy atom. The average Bonchev–Trinajstić information content (AvgIpc) is 3.49. The number of aromatic nitrogens is 4. The Morgan fingerprint density at radius 3 is 2.58 bits per heavy atom.